The Morgan fingerprint density at radius 2 is 1.84 bits per heavy atom. The fourth-order valence-corrected chi connectivity index (χ4v) is 1.81. The highest BCUT2D eigenvalue weighted by molar-refractivity contribution is 5.74. The van der Waals surface area contributed by atoms with E-state index >= 15 is 0 Å². The quantitative estimate of drug-likeness (QED) is 0.703. The first-order chi connectivity index (χ1) is 9.25. The molecule has 0 aliphatic carbocycles. The molecule has 3 aromatic rings. The predicted octanol–water partition coefficient (Wildman–Crippen LogP) is 2.08. The molecule has 0 spiro atoms. The zero-order chi connectivity index (χ0) is 13.2. The van der Waals surface area contributed by atoms with Gasteiger partial charge in [-0.1, -0.05) is 17.3 Å². The highest BCUT2D eigenvalue weighted by Gasteiger charge is 2.16. The molecule has 1 aromatic carbocycles. The highest BCUT2D eigenvalue weighted by atomic mass is 16.5. The van der Waals surface area contributed by atoms with Crippen molar-refractivity contribution in [2.45, 2.75) is 6.92 Å². The van der Waals surface area contributed by atoms with Gasteiger partial charge in [-0.05, 0) is 24.6 Å². The normalized spacial score (nSPS) is 10.6. The Labute approximate surface area is 109 Å². The molecule has 0 bridgehead atoms. The third-order valence-corrected chi connectivity index (χ3v) is 2.71. The second-order valence-corrected chi connectivity index (χ2v) is 4.03. The standard InChI is InChI=1S/C13H11N5O/c1-8-4-2-5-9(14)10(8)13-17-12(18-19-13)11-15-6-3-7-16-11/h2-7H,14H2,1H3. The van der Waals surface area contributed by atoms with Crippen LogP contribution in [0, 0.1) is 6.92 Å². The Hall–Kier alpha value is -2.76. The van der Waals surface area contributed by atoms with Crippen LogP contribution in [0.25, 0.3) is 23.1 Å². The van der Waals surface area contributed by atoms with E-state index in [1.165, 1.54) is 0 Å². The summed E-state index contributed by atoms with van der Waals surface area (Å²) in [4.78, 5) is 12.4. The molecule has 0 radical (unpaired) electrons. The summed E-state index contributed by atoms with van der Waals surface area (Å²) >= 11 is 0. The predicted molar refractivity (Wildman–Crippen MR) is 69.9 cm³/mol. The summed E-state index contributed by atoms with van der Waals surface area (Å²) in [5.41, 5.74) is 8.27. The van der Waals surface area contributed by atoms with E-state index < -0.39 is 0 Å². The molecule has 19 heavy (non-hydrogen) atoms. The van der Waals surface area contributed by atoms with Gasteiger partial charge in [-0.3, -0.25) is 0 Å². The van der Waals surface area contributed by atoms with Crippen molar-refractivity contribution in [1.82, 2.24) is 20.1 Å². The summed E-state index contributed by atoms with van der Waals surface area (Å²) in [5.74, 6) is 1.14. The van der Waals surface area contributed by atoms with Crippen molar-refractivity contribution in [2.24, 2.45) is 0 Å². The number of aromatic nitrogens is 4. The van der Waals surface area contributed by atoms with Crippen LogP contribution in [-0.4, -0.2) is 20.1 Å². The topological polar surface area (TPSA) is 90.7 Å². The number of anilines is 1. The van der Waals surface area contributed by atoms with Gasteiger partial charge in [0.15, 0.2) is 0 Å². The van der Waals surface area contributed by atoms with Gasteiger partial charge < -0.3 is 10.3 Å². The molecule has 6 nitrogen and oxygen atoms in total. The van der Waals surface area contributed by atoms with E-state index in [9.17, 15) is 0 Å². The molecule has 0 saturated heterocycles. The van der Waals surface area contributed by atoms with Crippen LogP contribution in [0.3, 0.4) is 0 Å². The number of nitrogens with two attached hydrogens (primary N) is 1. The van der Waals surface area contributed by atoms with Crippen LogP contribution in [-0.2, 0) is 0 Å². The number of nitrogens with zero attached hydrogens (tertiary/aromatic N) is 4. The van der Waals surface area contributed by atoms with E-state index in [4.69, 9.17) is 10.3 Å². The van der Waals surface area contributed by atoms with Crippen LogP contribution < -0.4 is 5.73 Å². The van der Waals surface area contributed by atoms with Crippen LogP contribution in [0.4, 0.5) is 5.69 Å². The molecule has 0 saturated carbocycles. The minimum Gasteiger partial charge on any atom is -0.398 e. The zero-order valence-electron chi connectivity index (χ0n) is 10.2. The van der Waals surface area contributed by atoms with E-state index in [1.54, 1.807) is 24.5 Å². The van der Waals surface area contributed by atoms with Crippen molar-refractivity contribution >= 4 is 5.69 Å². The first-order valence-electron chi connectivity index (χ1n) is 5.72. The van der Waals surface area contributed by atoms with E-state index in [-0.39, 0.29) is 0 Å². The summed E-state index contributed by atoms with van der Waals surface area (Å²) in [5, 5.41) is 3.88. The van der Waals surface area contributed by atoms with Crippen LogP contribution in [0.5, 0.6) is 0 Å². The Bertz CT molecular complexity index is 688. The molecule has 0 atom stereocenters. The van der Waals surface area contributed by atoms with Gasteiger partial charge in [0.25, 0.3) is 5.89 Å². The average molecular weight is 253 g/mol. The van der Waals surface area contributed by atoms with E-state index in [0.717, 1.165) is 11.1 Å². The summed E-state index contributed by atoms with van der Waals surface area (Å²) in [6.45, 7) is 1.94. The first kappa shape index (κ1) is 11.3. The molecule has 0 amide bonds. The summed E-state index contributed by atoms with van der Waals surface area (Å²) in [6, 6.07) is 7.34. The second-order valence-electron chi connectivity index (χ2n) is 4.03. The van der Waals surface area contributed by atoms with E-state index in [1.807, 2.05) is 19.1 Å². The number of hydrogen-bond donors (Lipinski definition) is 1. The average Bonchev–Trinajstić information content (AvgIpc) is 2.89. The minimum absolute atomic E-state index is 0.346. The van der Waals surface area contributed by atoms with Gasteiger partial charge >= 0.3 is 0 Å². The maximum atomic E-state index is 5.94. The number of nitrogen functional groups attached to an aromatic ring is 1. The Kier molecular flexibility index (Phi) is 2.68. The summed E-state index contributed by atoms with van der Waals surface area (Å²) in [7, 11) is 0. The van der Waals surface area contributed by atoms with Crippen molar-refractivity contribution in [3.63, 3.8) is 0 Å². The van der Waals surface area contributed by atoms with Crippen molar-refractivity contribution in [1.29, 1.82) is 0 Å². The second kappa shape index (κ2) is 4.49. The lowest BCUT2D eigenvalue weighted by Crippen LogP contribution is -1.93. The third kappa shape index (κ3) is 2.03. The van der Waals surface area contributed by atoms with Gasteiger partial charge in [0.1, 0.15) is 0 Å². The van der Waals surface area contributed by atoms with E-state index in [2.05, 4.69) is 20.1 Å². The molecule has 94 valence electrons. The number of aryl methyl sites for hydroxylation is 1. The molecular formula is C13H11N5O. The molecule has 6 heteroatoms. The van der Waals surface area contributed by atoms with Crippen molar-refractivity contribution in [2.75, 3.05) is 5.73 Å². The monoisotopic (exact) mass is 253 g/mol. The number of benzene rings is 1. The molecule has 2 N–H and O–H groups in total. The zero-order valence-corrected chi connectivity index (χ0v) is 10.2. The SMILES string of the molecule is Cc1cccc(N)c1-c1nc(-c2ncccn2)no1. The number of hydrogen-bond acceptors (Lipinski definition) is 6. The Balaban J connectivity index is 2.07. The van der Waals surface area contributed by atoms with Crippen molar-refractivity contribution in [3.05, 3.63) is 42.2 Å². The van der Waals surface area contributed by atoms with Crippen LogP contribution in [0.2, 0.25) is 0 Å². The molecule has 0 unspecified atom stereocenters. The van der Waals surface area contributed by atoms with Crippen molar-refractivity contribution < 1.29 is 4.52 Å². The van der Waals surface area contributed by atoms with Gasteiger partial charge in [-0.25, -0.2) is 9.97 Å². The highest BCUT2D eigenvalue weighted by Crippen LogP contribution is 2.28. The van der Waals surface area contributed by atoms with Crippen molar-refractivity contribution in [3.8, 4) is 23.1 Å². The summed E-state index contributed by atoms with van der Waals surface area (Å²) < 4.78 is 5.25. The van der Waals surface area contributed by atoms with Crippen LogP contribution in [0.1, 0.15) is 5.56 Å². The lowest BCUT2D eigenvalue weighted by molar-refractivity contribution is 0.432. The largest absolute Gasteiger partial charge is 0.398 e. The third-order valence-electron chi connectivity index (χ3n) is 2.71. The van der Waals surface area contributed by atoms with E-state index in [0.29, 0.717) is 23.2 Å². The van der Waals surface area contributed by atoms with Crippen LogP contribution >= 0.6 is 0 Å². The molecule has 0 fully saturated rings. The molecule has 2 aromatic heterocycles. The summed E-state index contributed by atoms with van der Waals surface area (Å²) in [6.07, 6.45) is 3.25. The van der Waals surface area contributed by atoms with Gasteiger partial charge in [0.05, 0.1) is 5.56 Å². The minimum atomic E-state index is 0.346. The first-order valence-corrected chi connectivity index (χ1v) is 5.72. The molecule has 2 heterocycles. The fourth-order valence-electron chi connectivity index (χ4n) is 1.81. The van der Waals surface area contributed by atoms with Gasteiger partial charge in [0, 0.05) is 18.1 Å². The Morgan fingerprint density at radius 1 is 1.05 bits per heavy atom. The lowest BCUT2D eigenvalue weighted by Gasteiger charge is -2.03. The van der Waals surface area contributed by atoms with Gasteiger partial charge in [0.2, 0.25) is 11.6 Å². The lowest BCUT2D eigenvalue weighted by atomic mass is 10.1. The maximum Gasteiger partial charge on any atom is 0.260 e. The molecule has 0 aliphatic heterocycles. The fraction of sp³-hybridized carbons (Fsp3) is 0.0769. The smallest absolute Gasteiger partial charge is 0.260 e. The van der Waals surface area contributed by atoms with Crippen LogP contribution in [0.15, 0.2) is 41.2 Å². The van der Waals surface area contributed by atoms with Gasteiger partial charge in [-0.2, -0.15) is 4.98 Å². The Morgan fingerprint density at radius 3 is 2.58 bits per heavy atom. The maximum absolute atomic E-state index is 5.94. The molecular weight excluding hydrogens is 242 g/mol. The number of rotatable bonds is 2. The van der Waals surface area contributed by atoms with Gasteiger partial charge in [-0.15, -0.1) is 0 Å². The molecule has 0 aliphatic rings. The molecule has 3 rings (SSSR count).